The summed E-state index contributed by atoms with van der Waals surface area (Å²) >= 11 is 1.59. The summed E-state index contributed by atoms with van der Waals surface area (Å²) < 4.78 is 5.28. The van der Waals surface area contributed by atoms with Gasteiger partial charge in [0.15, 0.2) is 0 Å². The number of nitrogens with one attached hydrogen (secondary N) is 1. The predicted molar refractivity (Wildman–Crippen MR) is 67.2 cm³/mol. The summed E-state index contributed by atoms with van der Waals surface area (Å²) in [4.78, 5) is 21.9. The summed E-state index contributed by atoms with van der Waals surface area (Å²) in [6.45, 7) is 1.57. The van der Waals surface area contributed by atoms with Crippen LogP contribution < -0.4 is 0 Å². The predicted octanol–water partition coefficient (Wildman–Crippen LogP) is 2.17. The number of rotatable bonds is 2. The highest BCUT2D eigenvalue weighted by molar-refractivity contribution is 7.09. The number of nitrogens with zero attached hydrogens (tertiary/aromatic N) is 2. The van der Waals surface area contributed by atoms with E-state index in [1.807, 2.05) is 17.5 Å². The first-order valence-corrected chi connectivity index (χ1v) is 6.66. The molecule has 0 fully saturated rings. The molecule has 0 saturated heterocycles. The van der Waals surface area contributed by atoms with E-state index in [9.17, 15) is 4.79 Å². The Balaban J connectivity index is 1.57. The number of hydrogen-bond donors (Lipinski definition) is 1. The molecular weight excluding hydrogens is 250 g/mol. The van der Waals surface area contributed by atoms with Crippen LogP contribution in [0.4, 0.5) is 4.79 Å². The van der Waals surface area contributed by atoms with Gasteiger partial charge < -0.3 is 14.6 Å². The van der Waals surface area contributed by atoms with Crippen molar-refractivity contribution < 1.29 is 9.53 Å². The van der Waals surface area contributed by atoms with Crippen LogP contribution in [-0.2, 0) is 24.3 Å². The second-order valence-corrected chi connectivity index (χ2v) is 5.17. The standard InChI is InChI=1S/C12H13N3O2S/c16-12(17-7-9-2-1-5-18-9)15-4-3-10-11(6-15)14-8-13-10/h1-2,5,8H,3-4,6-7H2,(H,13,14). The Bertz CT molecular complexity index is 535. The number of aromatic amines is 1. The summed E-state index contributed by atoms with van der Waals surface area (Å²) in [7, 11) is 0. The first kappa shape index (κ1) is 11.3. The number of aromatic nitrogens is 2. The summed E-state index contributed by atoms with van der Waals surface area (Å²) in [5, 5.41) is 1.97. The SMILES string of the molecule is O=C(OCc1cccs1)N1CCc2nc[nH]c2C1. The molecule has 1 aliphatic rings. The Morgan fingerprint density at radius 2 is 2.56 bits per heavy atom. The zero-order chi connectivity index (χ0) is 12.4. The van der Waals surface area contributed by atoms with E-state index in [0.717, 1.165) is 22.7 Å². The van der Waals surface area contributed by atoms with E-state index in [-0.39, 0.29) is 6.09 Å². The van der Waals surface area contributed by atoms with Crippen LogP contribution in [0.2, 0.25) is 0 Å². The smallest absolute Gasteiger partial charge is 0.410 e. The molecule has 3 rings (SSSR count). The second kappa shape index (κ2) is 4.81. The van der Waals surface area contributed by atoms with Crippen LogP contribution in [0.1, 0.15) is 16.3 Å². The van der Waals surface area contributed by atoms with Crippen LogP contribution in [0, 0.1) is 0 Å². The average molecular weight is 263 g/mol. The monoisotopic (exact) mass is 263 g/mol. The average Bonchev–Trinajstić information content (AvgIpc) is 3.05. The van der Waals surface area contributed by atoms with Crippen molar-refractivity contribution in [1.82, 2.24) is 14.9 Å². The quantitative estimate of drug-likeness (QED) is 0.903. The zero-order valence-electron chi connectivity index (χ0n) is 9.76. The van der Waals surface area contributed by atoms with E-state index >= 15 is 0 Å². The minimum atomic E-state index is -0.261. The first-order valence-electron chi connectivity index (χ1n) is 5.78. The molecule has 2 aromatic rings. The minimum absolute atomic E-state index is 0.261. The minimum Gasteiger partial charge on any atom is -0.444 e. The fourth-order valence-corrected chi connectivity index (χ4v) is 2.60. The molecule has 0 saturated carbocycles. The Kier molecular flexibility index (Phi) is 3.02. The van der Waals surface area contributed by atoms with Crippen LogP contribution in [0.5, 0.6) is 0 Å². The van der Waals surface area contributed by atoms with Crippen molar-refractivity contribution in [3.8, 4) is 0 Å². The maximum absolute atomic E-state index is 11.9. The van der Waals surface area contributed by atoms with Gasteiger partial charge in [-0.15, -0.1) is 11.3 Å². The van der Waals surface area contributed by atoms with Gasteiger partial charge >= 0.3 is 6.09 Å². The van der Waals surface area contributed by atoms with Gasteiger partial charge in [0.2, 0.25) is 0 Å². The molecule has 0 unspecified atom stereocenters. The van der Waals surface area contributed by atoms with E-state index < -0.39 is 0 Å². The van der Waals surface area contributed by atoms with E-state index in [1.54, 1.807) is 22.6 Å². The van der Waals surface area contributed by atoms with Gasteiger partial charge in [-0.3, -0.25) is 0 Å². The number of carbonyl (C=O) groups is 1. The van der Waals surface area contributed by atoms with Crippen LogP contribution in [0.15, 0.2) is 23.8 Å². The molecule has 1 N–H and O–H groups in total. The van der Waals surface area contributed by atoms with Gasteiger partial charge in [-0.05, 0) is 11.4 Å². The fraction of sp³-hybridized carbons (Fsp3) is 0.333. The molecule has 0 radical (unpaired) electrons. The molecule has 0 aromatic carbocycles. The van der Waals surface area contributed by atoms with Gasteiger partial charge in [-0.1, -0.05) is 6.07 Å². The molecule has 94 valence electrons. The first-order chi connectivity index (χ1) is 8.83. The van der Waals surface area contributed by atoms with E-state index in [2.05, 4.69) is 9.97 Å². The number of hydrogen-bond acceptors (Lipinski definition) is 4. The summed E-state index contributed by atoms with van der Waals surface area (Å²) in [6, 6.07) is 3.91. The van der Waals surface area contributed by atoms with Gasteiger partial charge in [0, 0.05) is 17.8 Å². The number of carbonyl (C=O) groups excluding carboxylic acids is 1. The van der Waals surface area contributed by atoms with Crippen molar-refractivity contribution in [3.05, 3.63) is 40.1 Å². The number of fused-ring (bicyclic) bond motifs is 1. The lowest BCUT2D eigenvalue weighted by Crippen LogP contribution is -2.36. The lowest BCUT2D eigenvalue weighted by atomic mass is 10.1. The second-order valence-electron chi connectivity index (χ2n) is 4.13. The lowest BCUT2D eigenvalue weighted by molar-refractivity contribution is 0.0921. The van der Waals surface area contributed by atoms with Crippen molar-refractivity contribution in [2.45, 2.75) is 19.6 Å². The largest absolute Gasteiger partial charge is 0.444 e. The highest BCUT2D eigenvalue weighted by atomic mass is 32.1. The van der Waals surface area contributed by atoms with Gasteiger partial charge in [-0.2, -0.15) is 0 Å². The molecule has 0 aliphatic carbocycles. The molecule has 6 heteroatoms. The summed E-state index contributed by atoms with van der Waals surface area (Å²) in [5.74, 6) is 0. The molecule has 3 heterocycles. The van der Waals surface area contributed by atoms with Crippen molar-refractivity contribution in [2.24, 2.45) is 0 Å². The lowest BCUT2D eigenvalue weighted by Gasteiger charge is -2.25. The molecule has 5 nitrogen and oxygen atoms in total. The maximum atomic E-state index is 11.9. The van der Waals surface area contributed by atoms with Crippen LogP contribution in [-0.4, -0.2) is 27.5 Å². The molecule has 0 spiro atoms. The Morgan fingerprint density at radius 3 is 3.39 bits per heavy atom. The summed E-state index contributed by atoms with van der Waals surface area (Å²) in [6.07, 6.45) is 2.20. The van der Waals surface area contributed by atoms with Gasteiger partial charge in [-0.25, -0.2) is 9.78 Å². The zero-order valence-corrected chi connectivity index (χ0v) is 10.6. The van der Waals surface area contributed by atoms with E-state index in [4.69, 9.17) is 4.74 Å². The molecule has 1 amide bonds. The number of imidazole rings is 1. The van der Waals surface area contributed by atoms with Crippen molar-refractivity contribution in [3.63, 3.8) is 0 Å². The van der Waals surface area contributed by atoms with Gasteiger partial charge in [0.25, 0.3) is 0 Å². The third-order valence-electron chi connectivity index (χ3n) is 2.95. The highest BCUT2D eigenvalue weighted by Gasteiger charge is 2.23. The Labute approximate surface area is 108 Å². The van der Waals surface area contributed by atoms with Crippen molar-refractivity contribution in [1.29, 1.82) is 0 Å². The van der Waals surface area contributed by atoms with Crippen molar-refractivity contribution >= 4 is 17.4 Å². The Hall–Kier alpha value is -1.82. The molecule has 2 aromatic heterocycles. The number of H-pyrrole nitrogens is 1. The number of thiophene rings is 1. The third kappa shape index (κ3) is 2.24. The van der Waals surface area contributed by atoms with Crippen LogP contribution >= 0.6 is 11.3 Å². The van der Waals surface area contributed by atoms with Crippen LogP contribution in [0.3, 0.4) is 0 Å². The van der Waals surface area contributed by atoms with E-state index in [0.29, 0.717) is 19.7 Å². The molecule has 0 atom stereocenters. The third-order valence-corrected chi connectivity index (χ3v) is 3.80. The highest BCUT2D eigenvalue weighted by Crippen LogP contribution is 2.16. The normalized spacial score (nSPS) is 14.3. The van der Waals surface area contributed by atoms with Crippen LogP contribution in [0.25, 0.3) is 0 Å². The number of ether oxygens (including phenoxy) is 1. The fourth-order valence-electron chi connectivity index (χ4n) is 1.99. The topological polar surface area (TPSA) is 58.2 Å². The maximum Gasteiger partial charge on any atom is 0.410 e. The molecular formula is C12H13N3O2S. The van der Waals surface area contributed by atoms with Gasteiger partial charge in [0.05, 0.1) is 24.3 Å². The molecule has 0 bridgehead atoms. The molecule has 1 aliphatic heterocycles. The van der Waals surface area contributed by atoms with E-state index in [1.165, 1.54) is 0 Å². The molecule has 18 heavy (non-hydrogen) atoms. The number of amides is 1. The summed E-state index contributed by atoms with van der Waals surface area (Å²) in [5.41, 5.74) is 2.06. The van der Waals surface area contributed by atoms with Gasteiger partial charge in [0.1, 0.15) is 6.61 Å². The Morgan fingerprint density at radius 1 is 1.61 bits per heavy atom. The van der Waals surface area contributed by atoms with Crippen molar-refractivity contribution in [2.75, 3.05) is 6.54 Å².